The number of aliphatic imine (C=N–C) groups is 1. The number of aryl methyl sites for hydroxylation is 1. The van der Waals surface area contributed by atoms with Crippen LogP contribution in [0.3, 0.4) is 0 Å². The zero-order valence-electron chi connectivity index (χ0n) is 33.2. The average Bonchev–Trinajstić information content (AvgIpc) is 3.97. The first kappa shape index (κ1) is 41.1. The zero-order chi connectivity index (χ0) is 41.4. The number of hydrogen-bond acceptors (Lipinski definition) is 10. The molecule has 6 bridgehead atoms. The molecule has 0 unspecified atom stereocenters. The minimum atomic E-state index is -1.44. The summed E-state index contributed by atoms with van der Waals surface area (Å²) in [7, 11) is 1.84. The number of fused-ring (bicyclic) bond motifs is 11. The fourth-order valence-corrected chi connectivity index (χ4v) is 7.22. The summed E-state index contributed by atoms with van der Waals surface area (Å²) in [4.78, 5) is 42.5. The lowest BCUT2D eigenvalue weighted by Crippen LogP contribution is -2.56. The van der Waals surface area contributed by atoms with E-state index >= 15 is 0 Å². The van der Waals surface area contributed by atoms with Gasteiger partial charge in [-0.3, -0.25) is 9.59 Å². The number of ether oxygens (including phenoxy) is 3. The number of carbonyl (C=O) groups excluding carboxylic acids is 2. The second kappa shape index (κ2) is 18.7. The number of amides is 2. The molecule has 310 valence electrons. The van der Waals surface area contributed by atoms with Gasteiger partial charge in [-0.05, 0) is 78.9 Å². The molecule has 0 spiro atoms. The van der Waals surface area contributed by atoms with Crippen LogP contribution in [0.15, 0.2) is 96.6 Å². The van der Waals surface area contributed by atoms with Crippen molar-refractivity contribution in [1.82, 2.24) is 29.7 Å². The highest BCUT2D eigenvalue weighted by Crippen LogP contribution is 2.29. The van der Waals surface area contributed by atoms with E-state index in [-0.39, 0.29) is 44.3 Å². The van der Waals surface area contributed by atoms with Gasteiger partial charge in [0.25, 0.3) is 5.91 Å². The lowest BCUT2D eigenvalue weighted by molar-refractivity contribution is -0.132. The van der Waals surface area contributed by atoms with Gasteiger partial charge in [0.05, 0.1) is 37.2 Å². The van der Waals surface area contributed by atoms with Gasteiger partial charge in [-0.2, -0.15) is 0 Å². The smallest absolute Gasteiger partial charge is 0.252 e. The SMILES string of the molecule is CCCCNC(=O)[C@@H]1Cc2ccc(cc2)OC[C@@H](O)[C@H](O)c2cccc(c2)OCCCc2c(-c3ccc(F)cc3)ncn2CC2=N[C@@](Cc3cn(C)cn3)(CO2)C(=O)N1. The molecule has 59 heavy (non-hydrogen) atoms. The number of rotatable bonds is 7. The third-order valence-electron chi connectivity index (χ3n) is 10.5. The predicted octanol–water partition coefficient (Wildman–Crippen LogP) is 4.28. The molecule has 14 nitrogen and oxygen atoms in total. The first-order valence-corrected chi connectivity index (χ1v) is 20.0. The van der Waals surface area contributed by atoms with Crippen LogP contribution in [0.25, 0.3) is 11.3 Å². The maximum Gasteiger partial charge on any atom is 0.252 e. The van der Waals surface area contributed by atoms with Crippen molar-refractivity contribution in [3.05, 3.63) is 120 Å². The van der Waals surface area contributed by atoms with E-state index in [1.54, 1.807) is 77.9 Å². The summed E-state index contributed by atoms with van der Waals surface area (Å²) in [6.45, 7) is 2.69. The Bertz CT molecular complexity index is 2240. The molecule has 2 amide bonds. The number of unbranched alkanes of at least 4 members (excludes halogenated alkanes) is 1. The van der Waals surface area contributed by atoms with Crippen LogP contribution in [-0.2, 0) is 47.2 Å². The molecule has 3 aromatic carbocycles. The van der Waals surface area contributed by atoms with Crippen molar-refractivity contribution in [1.29, 1.82) is 0 Å². The predicted molar refractivity (Wildman–Crippen MR) is 217 cm³/mol. The Morgan fingerprint density at radius 2 is 1.83 bits per heavy atom. The van der Waals surface area contributed by atoms with Gasteiger partial charge in [0.15, 0.2) is 5.54 Å². The van der Waals surface area contributed by atoms with Gasteiger partial charge in [-0.25, -0.2) is 19.4 Å². The topological polar surface area (TPSA) is 174 Å². The highest BCUT2D eigenvalue weighted by atomic mass is 19.1. The molecule has 0 saturated heterocycles. The Labute approximate surface area is 342 Å². The Kier molecular flexibility index (Phi) is 13.0. The van der Waals surface area contributed by atoms with Gasteiger partial charge in [0.1, 0.15) is 48.8 Å². The Hall–Kier alpha value is -6.06. The van der Waals surface area contributed by atoms with Crippen LogP contribution < -0.4 is 20.1 Å². The molecular weight excluding hydrogens is 758 g/mol. The number of aromatic nitrogens is 4. The van der Waals surface area contributed by atoms with Crippen molar-refractivity contribution in [3.63, 3.8) is 0 Å². The molecule has 0 aliphatic carbocycles. The summed E-state index contributed by atoms with van der Waals surface area (Å²) in [5.74, 6) is 0.111. The number of imidazole rings is 2. The number of halogens is 1. The minimum absolute atomic E-state index is 0.0801. The molecule has 8 rings (SSSR count). The number of nitrogens with one attached hydrogen (secondary N) is 2. The Balaban J connectivity index is 1.24. The van der Waals surface area contributed by atoms with E-state index in [9.17, 15) is 24.2 Å². The van der Waals surface area contributed by atoms with Gasteiger partial charge in [-0.1, -0.05) is 37.6 Å². The van der Waals surface area contributed by atoms with E-state index < -0.39 is 29.7 Å². The van der Waals surface area contributed by atoms with E-state index in [0.717, 1.165) is 29.7 Å². The van der Waals surface area contributed by atoms with E-state index in [4.69, 9.17) is 24.2 Å². The van der Waals surface area contributed by atoms with Gasteiger partial charge >= 0.3 is 0 Å². The molecule has 15 heteroatoms. The van der Waals surface area contributed by atoms with Crippen LogP contribution in [0, 0.1) is 5.82 Å². The van der Waals surface area contributed by atoms with E-state index in [0.29, 0.717) is 60.3 Å². The summed E-state index contributed by atoms with van der Waals surface area (Å²) in [5.41, 5.74) is 2.62. The van der Waals surface area contributed by atoms with Crippen LogP contribution in [0.5, 0.6) is 11.5 Å². The molecule has 4 atom stereocenters. The molecule has 0 fully saturated rings. The molecule has 0 radical (unpaired) electrons. The molecule has 4 N–H and O–H groups in total. The van der Waals surface area contributed by atoms with Crippen molar-refractivity contribution >= 4 is 17.7 Å². The molecule has 5 heterocycles. The largest absolute Gasteiger partial charge is 0.494 e. The van der Waals surface area contributed by atoms with Crippen molar-refractivity contribution < 1.29 is 38.4 Å². The molecule has 3 aliphatic heterocycles. The molecule has 2 aromatic heterocycles. The van der Waals surface area contributed by atoms with E-state index in [1.807, 2.05) is 24.7 Å². The standard InChI is InChI=1S/C44H50FN7O7/c1-3-4-18-46-42(55)36-20-29-10-16-34(17-11-29)58-25-38(53)41(54)31-7-5-8-35(21-31)57-19-6-9-37-40(30-12-14-32(45)15-13-30)48-28-52(37)24-39-50-44(26-59-39,43(56)49-36)22-33-23-51(2)27-47-33/h5,7-8,10-17,21,23,27-28,36,38,41,53-54H,3-4,6,9,18-20,22,24-26H2,1-2H3,(H,46,55)(H,49,56)/t36-,38+,41+,44-/m0/s1. The van der Waals surface area contributed by atoms with Crippen LogP contribution in [0.2, 0.25) is 0 Å². The number of hydrogen-bond donors (Lipinski definition) is 4. The number of benzene rings is 3. The summed E-state index contributed by atoms with van der Waals surface area (Å²) in [6.07, 6.45) is 5.70. The number of nitrogens with zero attached hydrogens (tertiary/aromatic N) is 5. The second-order valence-electron chi connectivity index (χ2n) is 15.1. The first-order chi connectivity index (χ1) is 28.6. The zero-order valence-corrected chi connectivity index (χ0v) is 33.2. The molecule has 0 saturated carbocycles. The van der Waals surface area contributed by atoms with Gasteiger partial charge < -0.3 is 44.2 Å². The van der Waals surface area contributed by atoms with Crippen molar-refractivity contribution in [3.8, 4) is 22.8 Å². The van der Waals surface area contributed by atoms with Crippen LogP contribution >= 0.6 is 0 Å². The molecule has 3 aliphatic rings. The summed E-state index contributed by atoms with van der Waals surface area (Å²) >= 11 is 0. The van der Waals surface area contributed by atoms with Crippen molar-refractivity contribution in [2.45, 2.75) is 75.8 Å². The quantitative estimate of drug-likeness (QED) is 0.175. The lowest BCUT2D eigenvalue weighted by atomic mass is 9.93. The highest BCUT2D eigenvalue weighted by molar-refractivity contribution is 5.96. The van der Waals surface area contributed by atoms with Crippen molar-refractivity contribution in [2.24, 2.45) is 12.0 Å². The minimum Gasteiger partial charge on any atom is -0.494 e. The highest BCUT2D eigenvalue weighted by Gasteiger charge is 2.46. The fourth-order valence-electron chi connectivity index (χ4n) is 7.22. The van der Waals surface area contributed by atoms with E-state index in [2.05, 4.69) is 15.6 Å². The fraction of sp³-hybridized carbons (Fsp3) is 0.386. The summed E-state index contributed by atoms with van der Waals surface area (Å²) in [5, 5.41) is 27.9. The van der Waals surface area contributed by atoms with E-state index in [1.165, 1.54) is 12.1 Å². The van der Waals surface area contributed by atoms with Crippen LogP contribution in [0.4, 0.5) is 4.39 Å². The summed E-state index contributed by atoms with van der Waals surface area (Å²) in [6, 6.07) is 19.1. The monoisotopic (exact) mass is 807 g/mol. The van der Waals surface area contributed by atoms with Gasteiger partial charge in [0.2, 0.25) is 11.8 Å². The third-order valence-corrected chi connectivity index (χ3v) is 10.5. The maximum atomic E-state index is 14.6. The number of carbonyl (C=O) groups is 2. The molecular formula is C44H50FN7O7. The molecule has 5 aromatic rings. The first-order valence-electron chi connectivity index (χ1n) is 20.0. The summed E-state index contributed by atoms with van der Waals surface area (Å²) < 4.78 is 35.8. The van der Waals surface area contributed by atoms with Crippen LogP contribution in [-0.4, -0.2) is 91.1 Å². The Morgan fingerprint density at radius 1 is 1.02 bits per heavy atom. The van der Waals surface area contributed by atoms with Gasteiger partial charge in [-0.15, -0.1) is 0 Å². The Morgan fingerprint density at radius 3 is 2.59 bits per heavy atom. The number of aliphatic hydroxyl groups excluding tert-OH is 2. The maximum absolute atomic E-state index is 14.6. The lowest BCUT2D eigenvalue weighted by Gasteiger charge is -2.26. The van der Waals surface area contributed by atoms with Crippen molar-refractivity contribution in [2.75, 3.05) is 26.4 Å². The average molecular weight is 808 g/mol. The second-order valence-corrected chi connectivity index (χ2v) is 15.1. The third kappa shape index (κ3) is 10.2. The number of aliphatic hydroxyl groups is 2. The van der Waals surface area contributed by atoms with Gasteiger partial charge in [0, 0.05) is 43.9 Å². The van der Waals surface area contributed by atoms with Crippen LogP contribution in [0.1, 0.15) is 54.8 Å². The normalized spacial score (nSPS) is 21.4.